The van der Waals surface area contributed by atoms with Gasteiger partial charge in [-0.05, 0) is 18.6 Å². The van der Waals surface area contributed by atoms with E-state index in [0.717, 1.165) is 12.2 Å². The maximum absolute atomic E-state index is 10.9. The quantitative estimate of drug-likeness (QED) is 0.724. The van der Waals surface area contributed by atoms with Crippen molar-refractivity contribution in [1.29, 1.82) is 0 Å². The van der Waals surface area contributed by atoms with E-state index in [1.54, 1.807) is 18.5 Å². The lowest BCUT2D eigenvalue weighted by Crippen LogP contribution is -2.16. The van der Waals surface area contributed by atoms with Gasteiger partial charge in [0.05, 0.1) is 6.04 Å². The number of hydrogen-bond donors (Lipinski definition) is 3. The van der Waals surface area contributed by atoms with Crippen LogP contribution in [-0.2, 0) is 0 Å². The standard InChI is InChI=1S/C11H14N6O/c1-2-7(11-13-5-6-14-11)15-9-4-3-8(10(12)18)16-17-9/h3-7H,2H2,1H3,(H2,12,18)(H,13,14)(H,15,17). The van der Waals surface area contributed by atoms with Gasteiger partial charge >= 0.3 is 0 Å². The number of aromatic nitrogens is 4. The molecule has 0 saturated carbocycles. The second kappa shape index (κ2) is 5.26. The summed E-state index contributed by atoms with van der Waals surface area (Å²) in [6.45, 7) is 2.03. The summed E-state index contributed by atoms with van der Waals surface area (Å²) in [5.74, 6) is 0.814. The van der Waals surface area contributed by atoms with E-state index in [1.807, 2.05) is 6.92 Å². The number of rotatable bonds is 5. The lowest BCUT2D eigenvalue weighted by atomic mass is 10.2. The molecule has 0 radical (unpaired) electrons. The van der Waals surface area contributed by atoms with Gasteiger partial charge in [0, 0.05) is 12.4 Å². The highest BCUT2D eigenvalue weighted by atomic mass is 16.1. The van der Waals surface area contributed by atoms with Gasteiger partial charge in [-0.1, -0.05) is 6.92 Å². The van der Waals surface area contributed by atoms with Crippen molar-refractivity contribution in [2.45, 2.75) is 19.4 Å². The third-order valence-corrected chi connectivity index (χ3v) is 2.50. The SMILES string of the molecule is CCC(Nc1ccc(C(N)=O)nn1)c1ncc[nH]1. The van der Waals surface area contributed by atoms with Crippen molar-refractivity contribution in [3.8, 4) is 0 Å². The fraction of sp³-hybridized carbons (Fsp3) is 0.273. The summed E-state index contributed by atoms with van der Waals surface area (Å²) in [5, 5.41) is 10.8. The van der Waals surface area contributed by atoms with E-state index in [1.165, 1.54) is 6.07 Å². The highest BCUT2D eigenvalue weighted by Crippen LogP contribution is 2.17. The first-order chi connectivity index (χ1) is 8.70. The Bertz CT molecular complexity index is 507. The molecular weight excluding hydrogens is 232 g/mol. The number of carbonyl (C=O) groups is 1. The van der Waals surface area contributed by atoms with Gasteiger partial charge in [0.1, 0.15) is 11.6 Å². The number of amides is 1. The van der Waals surface area contributed by atoms with Crippen LogP contribution in [0.15, 0.2) is 24.5 Å². The van der Waals surface area contributed by atoms with E-state index in [-0.39, 0.29) is 11.7 Å². The molecule has 1 unspecified atom stereocenters. The van der Waals surface area contributed by atoms with Crippen LogP contribution in [0.2, 0.25) is 0 Å². The monoisotopic (exact) mass is 246 g/mol. The predicted molar refractivity (Wildman–Crippen MR) is 65.8 cm³/mol. The smallest absolute Gasteiger partial charge is 0.269 e. The van der Waals surface area contributed by atoms with Crippen LogP contribution in [-0.4, -0.2) is 26.1 Å². The molecule has 0 aliphatic carbocycles. The number of nitrogens with one attached hydrogen (secondary N) is 2. The lowest BCUT2D eigenvalue weighted by Gasteiger charge is -2.14. The normalized spacial score (nSPS) is 12.1. The first-order valence-corrected chi connectivity index (χ1v) is 5.60. The highest BCUT2D eigenvalue weighted by molar-refractivity contribution is 5.90. The van der Waals surface area contributed by atoms with E-state index in [0.29, 0.717) is 5.82 Å². The Morgan fingerprint density at radius 2 is 2.33 bits per heavy atom. The van der Waals surface area contributed by atoms with Crippen molar-refractivity contribution in [3.05, 3.63) is 36.0 Å². The summed E-state index contributed by atoms with van der Waals surface area (Å²) in [6, 6.07) is 3.22. The summed E-state index contributed by atoms with van der Waals surface area (Å²) >= 11 is 0. The van der Waals surface area contributed by atoms with Crippen molar-refractivity contribution in [3.63, 3.8) is 0 Å². The molecule has 1 amide bonds. The number of H-pyrrole nitrogens is 1. The van der Waals surface area contributed by atoms with Gasteiger partial charge in [-0.25, -0.2) is 4.98 Å². The van der Waals surface area contributed by atoms with Gasteiger partial charge in [0.15, 0.2) is 5.69 Å². The summed E-state index contributed by atoms with van der Waals surface area (Å²) in [6.07, 6.45) is 4.30. The van der Waals surface area contributed by atoms with Crippen LogP contribution in [0.5, 0.6) is 0 Å². The van der Waals surface area contributed by atoms with Crippen molar-refractivity contribution in [1.82, 2.24) is 20.2 Å². The van der Waals surface area contributed by atoms with Gasteiger partial charge in [0.2, 0.25) is 0 Å². The Kier molecular flexibility index (Phi) is 3.52. The average Bonchev–Trinajstić information content (AvgIpc) is 2.90. The summed E-state index contributed by atoms with van der Waals surface area (Å²) in [4.78, 5) is 18.1. The minimum Gasteiger partial charge on any atom is -0.364 e. The number of imidazole rings is 1. The molecule has 0 bridgehead atoms. The molecule has 1 atom stereocenters. The molecule has 2 heterocycles. The number of nitrogens with zero attached hydrogens (tertiary/aromatic N) is 3. The number of aromatic amines is 1. The molecule has 2 rings (SSSR count). The Labute approximate surface area is 104 Å². The Morgan fingerprint density at radius 3 is 2.83 bits per heavy atom. The second-order valence-corrected chi connectivity index (χ2v) is 3.75. The van der Waals surface area contributed by atoms with Gasteiger partial charge in [-0.15, -0.1) is 10.2 Å². The van der Waals surface area contributed by atoms with Crippen LogP contribution in [0.25, 0.3) is 0 Å². The van der Waals surface area contributed by atoms with Crippen molar-refractivity contribution >= 4 is 11.7 Å². The maximum atomic E-state index is 10.9. The molecule has 7 heteroatoms. The van der Waals surface area contributed by atoms with E-state index < -0.39 is 5.91 Å². The molecule has 7 nitrogen and oxygen atoms in total. The first kappa shape index (κ1) is 12.0. The van der Waals surface area contributed by atoms with E-state index in [2.05, 4.69) is 25.5 Å². The molecule has 0 aromatic carbocycles. The minimum atomic E-state index is -0.591. The number of nitrogens with two attached hydrogens (primary N) is 1. The lowest BCUT2D eigenvalue weighted by molar-refractivity contribution is 0.0994. The van der Waals surface area contributed by atoms with Gasteiger partial charge in [-0.2, -0.15) is 0 Å². The predicted octanol–water partition coefficient (Wildman–Crippen LogP) is 0.862. The van der Waals surface area contributed by atoms with Crippen molar-refractivity contribution in [2.75, 3.05) is 5.32 Å². The fourth-order valence-corrected chi connectivity index (χ4v) is 1.55. The zero-order valence-corrected chi connectivity index (χ0v) is 9.92. The molecule has 0 fully saturated rings. The molecule has 0 aliphatic rings. The largest absolute Gasteiger partial charge is 0.364 e. The maximum Gasteiger partial charge on any atom is 0.269 e. The molecule has 94 valence electrons. The molecule has 18 heavy (non-hydrogen) atoms. The molecule has 0 aliphatic heterocycles. The fourth-order valence-electron chi connectivity index (χ4n) is 1.55. The molecule has 4 N–H and O–H groups in total. The van der Waals surface area contributed by atoms with Crippen molar-refractivity contribution < 1.29 is 4.79 Å². The Hall–Kier alpha value is -2.44. The summed E-state index contributed by atoms with van der Waals surface area (Å²) < 4.78 is 0. The van der Waals surface area contributed by atoms with E-state index in [9.17, 15) is 4.79 Å². The summed E-state index contributed by atoms with van der Waals surface area (Å²) in [5.41, 5.74) is 5.24. The minimum absolute atomic E-state index is 0.0220. The van der Waals surface area contributed by atoms with Crippen LogP contribution < -0.4 is 11.1 Å². The second-order valence-electron chi connectivity index (χ2n) is 3.75. The number of primary amides is 1. The Morgan fingerprint density at radius 1 is 1.50 bits per heavy atom. The third kappa shape index (κ3) is 2.62. The molecular formula is C11H14N6O. The third-order valence-electron chi connectivity index (χ3n) is 2.50. The van der Waals surface area contributed by atoms with Crippen LogP contribution >= 0.6 is 0 Å². The molecule has 0 spiro atoms. The topological polar surface area (TPSA) is 110 Å². The van der Waals surface area contributed by atoms with Gasteiger partial charge in [0.25, 0.3) is 5.91 Å². The molecule has 2 aromatic rings. The number of hydrogen-bond acceptors (Lipinski definition) is 5. The Balaban J connectivity index is 2.10. The zero-order valence-electron chi connectivity index (χ0n) is 9.92. The molecule has 0 saturated heterocycles. The van der Waals surface area contributed by atoms with Crippen LogP contribution in [0.3, 0.4) is 0 Å². The van der Waals surface area contributed by atoms with Crippen LogP contribution in [0.4, 0.5) is 5.82 Å². The van der Waals surface area contributed by atoms with E-state index >= 15 is 0 Å². The zero-order chi connectivity index (χ0) is 13.0. The van der Waals surface area contributed by atoms with Crippen molar-refractivity contribution in [2.24, 2.45) is 5.73 Å². The van der Waals surface area contributed by atoms with Gasteiger partial charge < -0.3 is 16.0 Å². The van der Waals surface area contributed by atoms with Gasteiger partial charge in [-0.3, -0.25) is 4.79 Å². The average molecular weight is 246 g/mol. The highest BCUT2D eigenvalue weighted by Gasteiger charge is 2.12. The van der Waals surface area contributed by atoms with Crippen LogP contribution in [0, 0.1) is 0 Å². The molecule has 2 aromatic heterocycles. The first-order valence-electron chi connectivity index (χ1n) is 5.60. The number of anilines is 1. The van der Waals surface area contributed by atoms with Crippen LogP contribution in [0.1, 0.15) is 35.7 Å². The summed E-state index contributed by atoms with van der Waals surface area (Å²) in [7, 11) is 0. The van der Waals surface area contributed by atoms with E-state index in [4.69, 9.17) is 5.73 Å². The number of carbonyl (C=O) groups excluding carboxylic acids is 1.